The summed E-state index contributed by atoms with van der Waals surface area (Å²) in [7, 11) is 0. The first kappa shape index (κ1) is 18.5. The number of halogens is 1. The van der Waals surface area contributed by atoms with Crippen molar-refractivity contribution in [3.05, 3.63) is 75.5 Å². The summed E-state index contributed by atoms with van der Waals surface area (Å²) < 4.78 is 4.29. The zero-order valence-electron chi connectivity index (χ0n) is 14.7. The molecule has 4 rings (SSSR count). The lowest BCUT2D eigenvalue weighted by Gasteiger charge is -2.04. The molecule has 3 nitrogen and oxygen atoms in total. The van der Waals surface area contributed by atoms with E-state index in [0.29, 0.717) is 5.56 Å². The summed E-state index contributed by atoms with van der Waals surface area (Å²) in [5.74, 6) is 0.767. The molecule has 0 atom stereocenters. The lowest BCUT2D eigenvalue weighted by Crippen LogP contribution is -2.18. The van der Waals surface area contributed by atoms with E-state index in [-0.39, 0.29) is 5.91 Å². The number of benzene rings is 3. The van der Waals surface area contributed by atoms with Gasteiger partial charge in [-0.2, -0.15) is 16.8 Å². The molecule has 4 aromatic rings. The number of aromatic nitrogens is 1. The van der Waals surface area contributed by atoms with Crippen LogP contribution in [-0.4, -0.2) is 22.5 Å². The van der Waals surface area contributed by atoms with E-state index in [2.05, 4.69) is 43.9 Å². The highest BCUT2D eigenvalue weighted by atomic mass is 79.9. The first-order valence-corrected chi connectivity index (χ1v) is 11.5. The van der Waals surface area contributed by atoms with E-state index in [1.807, 2.05) is 48.5 Å². The first-order valence-electron chi connectivity index (χ1n) is 8.51. The van der Waals surface area contributed by atoms with Gasteiger partial charge < -0.3 is 4.57 Å². The van der Waals surface area contributed by atoms with Gasteiger partial charge in [-0.05, 0) is 47.4 Å². The highest BCUT2D eigenvalue weighted by molar-refractivity contribution is 9.10. The standard InChI is InChI=1S/C21H17BrN2OS2/c1-26-11-10-24-18-9-8-17(22)13-19(18)27-21(24)23-20(25)16-7-6-14-4-2-3-5-15(14)12-16/h2-9,12-13H,10-11H2,1H3. The van der Waals surface area contributed by atoms with Crippen molar-refractivity contribution in [2.24, 2.45) is 4.99 Å². The summed E-state index contributed by atoms with van der Waals surface area (Å²) in [6.07, 6.45) is 2.09. The maximum Gasteiger partial charge on any atom is 0.279 e. The van der Waals surface area contributed by atoms with Crippen LogP contribution in [0.4, 0.5) is 0 Å². The van der Waals surface area contributed by atoms with Crippen molar-refractivity contribution in [3.8, 4) is 0 Å². The van der Waals surface area contributed by atoms with Crippen LogP contribution in [0.3, 0.4) is 0 Å². The monoisotopic (exact) mass is 456 g/mol. The normalized spacial score (nSPS) is 12.1. The Morgan fingerprint density at radius 2 is 1.93 bits per heavy atom. The molecule has 0 aliphatic carbocycles. The lowest BCUT2D eigenvalue weighted by molar-refractivity contribution is 0.0998. The van der Waals surface area contributed by atoms with Crippen LogP contribution in [-0.2, 0) is 6.54 Å². The molecule has 0 saturated heterocycles. The zero-order chi connectivity index (χ0) is 18.8. The largest absolute Gasteiger partial charge is 0.316 e. The van der Waals surface area contributed by atoms with Gasteiger partial charge in [-0.15, -0.1) is 0 Å². The van der Waals surface area contributed by atoms with Crippen LogP contribution in [0.1, 0.15) is 10.4 Å². The van der Waals surface area contributed by atoms with Crippen molar-refractivity contribution in [1.82, 2.24) is 4.57 Å². The van der Waals surface area contributed by atoms with Crippen molar-refractivity contribution >= 4 is 65.9 Å². The first-order chi connectivity index (χ1) is 13.2. The van der Waals surface area contributed by atoms with E-state index in [9.17, 15) is 4.79 Å². The quantitative estimate of drug-likeness (QED) is 0.393. The summed E-state index contributed by atoms with van der Waals surface area (Å²) in [5.41, 5.74) is 1.73. The highest BCUT2D eigenvalue weighted by Gasteiger charge is 2.10. The Bertz CT molecular complexity index is 1210. The van der Waals surface area contributed by atoms with Gasteiger partial charge in [0.15, 0.2) is 4.80 Å². The number of amides is 1. The molecule has 1 heterocycles. The molecule has 136 valence electrons. The van der Waals surface area contributed by atoms with Crippen LogP contribution in [0.25, 0.3) is 21.0 Å². The number of carbonyl (C=O) groups is 1. The summed E-state index contributed by atoms with van der Waals surface area (Å²) in [6.45, 7) is 0.826. The zero-order valence-corrected chi connectivity index (χ0v) is 17.9. The number of nitrogens with zero attached hydrogens (tertiary/aromatic N) is 2. The molecule has 0 aliphatic rings. The molecule has 0 unspecified atom stereocenters. The minimum absolute atomic E-state index is 0.204. The molecule has 1 aromatic heterocycles. The van der Waals surface area contributed by atoms with E-state index < -0.39 is 0 Å². The van der Waals surface area contributed by atoms with Gasteiger partial charge in [-0.25, -0.2) is 0 Å². The van der Waals surface area contributed by atoms with E-state index >= 15 is 0 Å². The number of thiazole rings is 1. The SMILES string of the molecule is CSCCn1c(=NC(=O)c2ccc3ccccc3c2)sc2cc(Br)ccc21. The number of hydrogen-bond donors (Lipinski definition) is 0. The maximum absolute atomic E-state index is 12.8. The summed E-state index contributed by atoms with van der Waals surface area (Å²) in [5, 5.41) is 2.17. The van der Waals surface area contributed by atoms with Crippen LogP contribution < -0.4 is 4.80 Å². The van der Waals surface area contributed by atoms with Crippen molar-refractivity contribution < 1.29 is 4.79 Å². The van der Waals surface area contributed by atoms with Gasteiger partial charge in [0, 0.05) is 22.3 Å². The summed E-state index contributed by atoms with van der Waals surface area (Å²) in [6, 6.07) is 20.0. The Hall–Kier alpha value is -1.89. The Morgan fingerprint density at radius 3 is 2.74 bits per heavy atom. The van der Waals surface area contributed by atoms with E-state index in [1.54, 1.807) is 23.1 Å². The van der Waals surface area contributed by atoms with Crippen LogP contribution in [0.15, 0.2) is 70.1 Å². The van der Waals surface area contributed by atoms with Crippen molar-refractivity contribution in [2.75, 3.05) is 12.0 Å². The number of carbonyl (C=O) groups excluding carboxylic acids is 1. The second-order valence-corrected chi connectivity index (χ2v) is 9.03. The van der Waals surface area contributed by atoms with Gasteiger partial charge in [0.05, 0.1) is 10.2 Å². The van der Waals surface area contributed by atoms with Gasteiger partial charge in [0.25, 0.3) is 5.91 Å². The Kier molecular flexibility index (Phi) is 5.48. The average molecular weight is 457 g/mol. The molecule has 0 radical (unpaired) electrons. The lowest BCUT2D eigenvalue weighted by atomic mass is 10.1. The maximum atomic E-state index is 12.8. The Balaban J connectivity index is 1.81. The van der Waals surface area contributed by atoms with Gasteiger partial charge in [-0.3, -0.25) is 4.79 Å². The Labute approximate surface area is 173 Å². The second kappa shape index (κ2) is 8.00. The molecule has 6 heteroatoms. The molecule has 0 fully saturated rings. The fourth-order valence-corrected chi connectivity index (χ4v) is 4.98. The highest BCUT2D eigenvalue weighted by Crippen LogP contribution is 2.23. The average Bonchev–Trinajstić information content (AvgIpc) is 3.01. The third-order valence-electron chi connectivity index (χ3n) is 4.36. The minimum atomic E-state index is -0.204. The van der Waals surface area contributed by atoms with Crippen LogP contribution in [0, 0.1) is 0 Å². The fraction of sp³-hybridized carbons (Fsp3) is 0.143. The molecule has 27 heavy (non-hydrogen) atoms. The smallest absolute Gasteiger partial charge is 0.279 e. The predicted octanol–water partition coefficient (Wildman–Crippen LogP) is 5.72. The molecule has 0 saturated carbocycles. The predicted molar refractivity (Wildman–Crippen MR) is 120 cm³/mol. The topological polar surface area (TPSA) is 34.4 Å². The minimum Gasteiger partial charge on any atom is -0.316 e. The Morgan fingerprint density at radius 1 is 1.11 bits per heavy atom. The summed E-state index contributed by atoms with van der Waals surface area (Å²) >= 11 is 6.86. The van der Waals surface area contributed by atoms with E-state index in [0.717, 1.165) is 42.6 Å². The van der Waals surface area contributed by atoms with E-state index in [1.165, 1.54) is 0 Å². The molecule has 0 bridgehead atoms. The number of hydrogen-bond acceptors (Lipinski definition) is 3. The molecular formula is C21H17BrN2OS2. The van der Waals surface area contributed by atoms with Crippen molar-refractivity contribution in [2.45, 2.75) is 6.54 Å². The van der Waals surface area contributed by atoms with Crippen molar-refractivity contribution in [1.29, 1.82) is 0 Å². The summed E-state index contributed by atoms with van der Waals surface area (Å²) in [4.78, 5) is 18.1. The molecule has 0 spiro atoms. The van der Waals surface area contributed by atoms with Crippen LogP contribution >= 0.6 is 39.0 Å². The van der Waals surface area contributed by atoms with Gasteiger partial charge in [-0.1, -0.05) is 57.6 Å². The third kappa shape index (κ3) is 3.88. The molecule has 0 aliphatic heterocycles. The van der Waals surface area contributed by atoms with E-state index in [4.69, 9.17) is 0 Å². The molecule has 0 N–H and O–H groups in total. The van der Waals surface area contributed by atoms with Crippen LogP contribution in [0.5, 0.6) is 0 Å². The fourth-order valence-electron chi connectivity index (χ4n) is 3.00. The van der Waals surface area contributed by atoms with Gasteiger partial charge >= 0.3 is 0 Å². The van der Waals surface area contributed by atoms with Crippen molar-refractivity contribution in [3.63, 3.8) is 0 Å². The van der Waals surface area contributed by atoms with Crippen LogP contribution in [0.2, 0.25) is 0 Å². The number of fused-ring (bicyclic) bond motifs is 2. The second-order valence-electron chi connectivity index (χ2n) is 6.12. The third-order valence-corrected chi connectivity index (χ3v) is 6.48. The number of rotatable bonds is 4. The number of thioether (sulfide) groups is 1. The molecule has 1 amide bonds. The van der Waals surface area contributed by atoms with Gasteiger partial charge in [0.1, 0.15) is 0 Å². The molecular weight excluding hydrogens is 440 g/mol. The molecule has 3 aromatic carbocycles. The van der Waals surface area contributed by atoms with Gasteiger partial charge in [0.2, 0.25) is 0 Å². The number of aryl methyl sites for hydroxylation is 1.